The fourth-order valence-electron chi connectivity index (χ4n) is 1.89. The maximum Gasteiger partial charge on any atom is 0.165 e. The molecule has 0 aliphatic carbocycles. The van der Waals surface area contributed by atoms with E-state index in [0.29, 0.717) is 12.8 Å². The second kappa shape index (κ2) is 5.50. The molecule has 0 amide bonds. The standard InChI is InChI=1S/C14H21FO2/c1-14(2,3)9-11(16)7-10-5-6-13(17-4)12(15)8-10/h5-6,8,11,16H,7,9H2,1-4H3. The second-order valence-corrected chi connectivity index (χ2v) is 5.59. The minimum absolute atomic E-state index is 0.0738. The molecule has 0 saturated heterocycles. The Morgan fingerprint density at radius 1 is 1.35 bits per heavy atom. The summed E-state index contributed by atoms with van der Waals surface area (Å²) in [4.78, 5) is 0. The van der Waals surface area contributed by atoms with Gasteiger partial charge in [0.1, 0.15) is 0 Å². The summed E-state index contributed by atoms with van der Waals surface area (Å²) in [6.07, 6.45) is 0.724. The minimum Gasteiger partial charge on any atom is -0.494 e. The SMILES string of the molecule is COc1ccc(CC(O)CC(C)(C)C)cc1F. The predicted octanol–water partition coefficient (Wildman–Crippen LogP) is 3.17. The van der Waals surface area contributed by atoms with Crippen LogP contribution in [0.5, 0.6) is 5.75 Å². The van der Waals surface area contributed by atoms with Crippen LogP contribution in [0.2, 0.25) is 0 Å². The Kier molecular flexibility index (Phi) is 4.52. The Bertz CT molecular complexity index is 369. The van der Waals surface area contributed by atoms with Crippen molar-refractivity contribution < 1.29 is 14.2 Å². The molecule has 0 bridgehead atoms. The van der Waals surface area contributed by atoms with Crippen LogP contribution in [0.4, 0.5) is 4.39 Å². The van der Waals surface area contributed by atoms with E-state index >= 15 is 0 Å². The molecule has 1 unspecified atom stereocenters. The first-order valence-electron chi connectivity index (χ1n) is 5.82. The van der Waals surface area contributed by atoms with Crippen molar-refractivity contribution in [2.24, 2.45) is 5.41 Å². The van der Waals surface area contributed by atoms with Crippen molar-refractivity contribution in [1.29, 1.82) is 0 Å². The fraction of sp³-hybridized carbons (Fsp3) is 0.571. The smallest absolute Gasteiger partial charge is 0.165 e. The van der Waals surface area contributed by atoms with Crippen LogP contribution in [0.3, 0.4) is 0 Å². The van der Waals surface area contributed by atoms with E-state index < -0.39 is 6.10 Å². The summed E-state index contributed by atoms with van der Waals surface area (Å²) in [5, 5.41) is 9.90. The van der Waals surface area contributed by atoms with Gasteiger partial charge in [0.25, 0.3) is 0 Å². The van der Waals surface area contributed by atoms with Gasteiger partial charge >= 0.3 is 0 Å². The molecule has 2 nitrogen and oxygen atoms in total. The highest BCUT2D eigenvalue weighted by Gasteiger charge is 2.17. The number of hydrogen-bond acceptors (Lipinski definition) is 2. The van der Waals surface area contributed by atoms with E-state index in [1.54, 1.807) is 12.1 Å². The molecular weight excluding hydrogens is 219 g/mol. The van der Waals surface area contributed by atoms with Crippen molar-refractivity contribution in [2.45, 2.75) is 39.7 Å². The zero-order valence-corrected chi connectivity index (χ0v) is 11.0. The molecule has 0 saturated carbocycles. The molecule has 0 aliphatic rings. The van der Waals surface area contributed by atoms with Crippen molar-refractivity contribution in [2.75, 3.05) is 7.11 Å². The van der Waals surface area contributed by atoms with Crippen molar-refractivity contribution in [3.63, 3.8) is 0 Å². The topological polar surface area (TPSA) is 29.5 Å². The van der Waals surface area contributed by atoms with Gasteiger partial charge in [-0.05, 0) is 36.0 Å². The molecule has 0 radical (unpaired) electrons. The van der Waals surface area contributed by atoms with Crippen molar-refractivity contribution >= 4 is 0 Å². The molecule has 1 rings (SSSR count). The third-order valence-electron chi connectivity index (χ3n) is 2.54. The van der Waals surface area contributed by atoms with Crippen molar-refractivity contribution in [3.05, 3.63) is 29.6 Å². The summed E-state index contributed by atoms with van der Waals surface area (Å²) in [7, 11) is 1.44. The van der Waals surface area contributed by atoms with Gasteiger partial charge in [0.05, 0.1) is 13.2 Å². The molecule has 0 spiro atoms. The molecule has 1 aromatic rings. The molecule has 0 heterocycles. The third-order valence-corrected chi connectivity index (χ3v) is 2.54. The second-order valence-electron chi connectivity index (χ2n) is 5.59. The summed E-state index contributed by atoms with van der Waals surface area (Å²) in [6, 6.07) is 4.80. The van der Waals surface area contributed by atoms with Crippen LogP contribution in [0.1, 0.15) is 32.8 Å². The third kappa shape index (κ3) is 4.73. The lowest BCUT2D eigenvalue weighted by molar-refractivity contribution is 0.121. The maximum absolute atomic E-state index is 13.4. The molecule has 1 N–H and O–H groups in total. The van der Waals surface area contributed by atoms with E-state index in [4.69, 9.17) is 4.74 Å². The summed E-state index contributed by atoms with van der Waals surface area (Å²) in [6.45, 7) is 6.22. The number of benzene rings is 1. The number of hydrogen-bond donors (Lipinski definition) is 1. The highest BCUT2D eigenvalue weighted by molar-refractivity contribution is 5.29. The molecule has 3 heteroatoms. The van der Waals surface area contributed by atoms with Gasteiger partial charge in [-0.1, -0.05) is 26.8 Å². The highest BCUT2D eigenvalue weighted by Crippen LogP contribution is 2.24. The first-order chi connectivity index (χ1) is 7.81. The van der Waals surface area contributed by atoms with Crippen LogP contribution >= 0.6 is 0 Å². The van der Waals surface area contributed by atoms with E-state index in [2.05, 4.69) is 20.8 Å². The van der Waals surface area contributed by atoms with Gasteiger partial charge in [-0.25, -0.2) is 4.39 Å². The Hall–Kier alpha value is -1.09. The number of aliphatic hydroxyl groups is 1. The Balaban J connectivity index is 2.66. The monoisotopic (exact) mass is 240 g/mol. The van der Waals surface area contributed by atoms with Gasteiger partial charge in [0, 0.05) is 0 Å². The molecule has 1 aromatic carbocycles. The number of rotatable bonds is 4. The summed E-state index contributed by atoms with van der Waals surface area (Å²) in [5.74, 6) is -0.146. The number of aliphatic hydroxyl groups excluding tert-OH is 1. The zero-order chi connectivity index (χ0) is 13.1. The minimum atomic E-state index is -0.442. The van der Waals surface area contributed by atoms with Gasteiger partial charge in [-0.3, -0.25) is 0 Å². The molecular formula is C14H21FO2. The molecule has 0 aromatic heterocycles. The van der Waals surface area contributed by atoms with E-state index in [9.17, 15) is 9.50 Å². The molecule has 17 heavy (non-hydrogen) atoms. The highest BCUT2D eigenvalue weighted by atomic mass is 19.1. The van der Waals surface area contributed by atoms with Crippen molar-refractivity contribution in [3.8, 4) is 5.75 Å². The van der Waals surface area contributed by atoms with Crippen LogP contribution in [0.15, 0.2) is 18.2 Å². The molecule has 0 aliphatic heterocycles. The van der Waals surface area contributed by atoms with Gasteiger partial charge in [0.2, 0.25) is 0 Å². The lowest BCUT2D eigenvalue weighted by atomic mass is 9.87. The van der Waals surface area contributed by atoms with Crippen LogP contribution in [-0.4, -0.2) is 18.3 Å². The number of halogens is 1. The Morgan fingerprint density at radius 3 is 2.47 bits per heavy atom. The van der Waals surface area contributed by atoms with Gasteiger partial charge < -0.3 is 9.84 Å². The zero-order valence-electron chi connectivity index (χ0n) is 11.0. The fourth-order valence-corrected chi connectivity index (χ4v) is 1.89. The number of ether oxygens (including phenoxy) is 1. The molecule has 0 fully saturated rings. The maximum atomic E-state index is 13.4. The van der Waals surface area contributed by atoms with E-state index in [1.807, 2.05) is 0 Å². The first kappa shape index (κ1) is 14.0. The average molecular weight is 240 g/mol. The van der Waals surface area contributed by atoms with Crippen molar-refractivity contribution in [1.82, 2.24) is 0 Å². The largest absolute Gasteiger partial charge is 0.494 e. The predicted molar refractivity (Wildman–Crippen MR) is 66.7 cm³/mol. The number of methoxy groups -OCH3 is 1. The van der Waals surface area contributed by atoms with Gasteiger partial charge in [-0.2, -0.15) is 0 Å². The first-order valence-corrected chi connectivity index (χ1v) is 5.82. The van der Waals surface area contributed by atoms with Crippen LogP contribution in [0, 0.1) is 11.2 Å². The van der Waals surface area contributed by atoms with Crippen LogP contribution in [0.25, 0.3) is 0 Å². The Labute approximate surface area is 102 Å². The lowest BCUT2D eigenvalue weighted by Crippen LogP contribution is -2.19. The van der Waals surface area contributed by atoms with E-state index in [-0.39, 0.29) is 17.0 Å². The van der Waals surface area contributed by atoms with E-state index in [1.165, 1.54) is 13.2 Å². The van der Waals surface area contributed by atoms with Crippen LogP contribution < -0.4 is 4.74 Å². The Morgan fingerprint density at radius 2 is 2.00 bits per heavy atom. The molecule has 96 valence electrons. The van der Waals surface area contributed by atoms with E-state index in [0.717, 1.165) is 5.56 Å². The normalized spacial score (nSPS) is 13.5. The summed E-state index contributed by atoms with van der Waals surface area (Å²) in [5.41, 5.74) is 0.866. The average Bonchev–Trinajstić information content (AvgIpc) is 2.14. The molecule has 1 atom stereocenters. The lowest BCUT2D eigenvalue weighted by Gasteiger charge is -2.22. The summed E-state index contributed by atoms with van der Waals surface area (Å²) < 4.78 is 18.3. The summed E-state index contributed by atoms with van der Waals surface area (Å²) >= 11 is 0. The quantitative estimate of drug-likeness (QED) is 0.876. The van der Waals surface area contributed by atoms with Gasteiger partial charge in [0.15, 0.2) is 11.6 Å². The van der Waals surface area contributed by atoms with Gasteiger partial charge in [-0.15, -0.1) is 0 Å². The van der Waals surface area contributed by atoms with Crippen LogP contribution in [-0.2, 0) is 6.42 Å².